The summed E-state index contributed by atoms with van der Waals surface area (Å²) in [6, 6.07) is 10.00. The predicted molar refractivity (Wildman–Crippen MR) is 117 cm³/mol. The number of anilines is 2. The van der Waals surface area contributed by atoms with Crippen molar-refractivity contribution in [1.29, 1.82) is 0 Å². The molecule has 4 rings (SSSR count). The zero-order valence-electron chi connectivity index (χ0n) is 16.8. The average molecular weight is 460 g/mol. The van der Waals surface area contributed by atoms with Gasteiger partial charge in [0.25, 0.3) is 11.8 Å². The maximum Gasteiger partial charge on any atom is 0.263 e. The number of fused-ring (bicyclic) bond motifs is 1. The van der Waals surface area contributed by atoms with Crippen molar-refractivity contribution in [3.63, 3.8) is 0 Å². The number of nitrogens with one attached hydrogen (secondary N) is 1. The molecule has 0 saturated carbocycles. The van der Waals surface area contributed by atoms with Gasteiger partial charge in [0.05, 0.1) is 16.4 Å². The molecule has 1 saturated heterocycles. The van der Waals surface area contributed by atoms with Gasteiger partial charge in [0.1, 0.15) is 6.54 Å². The van der Waals surface area contributed by atoms with Crippen molar-refractivity contribution in [1.82, 2.24) is 5.01 Å². The maximum atomic E-state index is 13.0. The maximum absolute atomic E-state index is 13.0. The molecule has 0 aromatic heterocycles. The summed E-state index contributed by atoms with van der Waals surface area (Å²) in [5.41, 5.74) is 1.95. The molecule has 2 aromatic rings. The number of hydrogen-bond donors (Lipinski definition) is 1. The number of hydrogen-bond acceptors (Lipinski definition) is 6. The van der Waals surface area contributed by atoms with Crippen LogP contribution in [-0.4, -0.2) is 41.4 Å². The van der Waals surface area contributed by atoms with Crippen molar-refractivity contribution in [2.75, 3.05) is 16.8 Å². The van der Waals surface area contributed by atoms with Gasteiger partial charge in [-0.25, -0.2) is 4.90 Å². The molecule has 31 heavy (non-hydrogen) atoms. The molecule has 0 aliphatic carbocycles. The van der Waals surface area contributed by atoms with Crippen LogP contribution in [0.1, 0.15) is 25.3 Å². The van der Waals surface area contributed by atoms with E-state index in [0.29, 0.717) is 22.3 Å². The van der Waals surface area contributed by atoms with E-state index in [1.807, 2.05) is 12.1 Å². The Morgan fingerprint density at radius 1 is 1.10 bits per heavy atom. The molecular formula is C21H19Cl2N5O3. The third-order valence-electron chi connectivity index (χ3n) is 5.19. The summed E-state index contributed by atoms with van der Waals surface area (Å²) in [6.07, 6.45) is 0. The first-order valence-corrected chi connectivity index (χ1v) is 10.4. The molecule has 2 atom stereocenters. The number of benzene rings is 2. The van der Waals surface area contributed by atoms with Crippen molar-refractivity contribution in [2.24, 2.45) is 10.3 Å². The summed E-state index contributed by atoms with van der Waals surface area (Å²) in [7, 11) is 0. The number of carbonyl (C=O) groups is 3. The van der Waals surface area contributed by atoms with Crippen molar-refractivity contribution in [3.8, 4) is 0 Å². The Bertz CT molecular complexity index is 1090. The van der Waals surface area contributed by atoms with Crippen LogP contribution in [0.3, 0.4) is 0 Å². The summed E-state index contributed by atoms with van der Waals surface area (Å²) in [5.74, 6) is -1.05. The predicted octanol–water partition coefficient (Wildman–Crippen LogP) is 4.05. The molecule has 0 radical (unpaired) electrons. The van der Waals surface area contributed by atoms with E-state index in [0.717, 1.165) is 10.5 Å². The second-order valence-corrected chi connectivity index (χ2v) is 8.47. The van der Waals surface area contributed by atoms with Crippen molar-refractivity contribution >= 4 is 52.3 Å². The molecule has 10 heteroatoms. The lowest BCUT2D eigenvalue weighted by molar-refractivity contribution is -0.123. The van der Waals surface area contributed by atoms with Crippen LogP contribution in [-0.2, 0) is 14.4 Å². The molecule has 2 aliphatic heterocycles. The van der Waals surface area contributed by atoms with Crippen LogP contribution >= 0.6 is 23.2 Å². The molecule has 8 nitrogen and oxygen atoms in total. The van der Waals surface area contributed by atoms with E-state index in [-0.39, 0.29) is 11.6 Å². The third kappa shape index (κ3) is 4.00. The molecular weight excluding hydrogens is 441 g/mol. The Morgan fingerprint density at radius 3 is 2.45 bits per heavy atom. The highest BCUT2D eigenvalue weighted by Crippen LogP contribution is 2.32. The SMILES string of the molecule is CC(C)c1ccc(N2C(=O)[C@@H]3[C@@H](N=NN3CC(=O)Nc3ccc(Cl)cc3Cl)C2=O)cc1. The summed E-state index contributed by atoms with van der Waals surface area (Å²) < 4.78 is 0. The second kappa shape index (κ2) is 8.28. The van der Waals surface area contributed by atoms with Crippen LogP contribution in [0.5, 0.6) is 0 Å². The summed E-state index contributed by atoms with van der Waals surface area (Å²) in [4.78, 5) is 39.4. The van der Waals surface area contributed by atoms with Gasteiger partial charge in [0.15, 0.2) is 12.1 Å². The van der Waals surface area contributed by atoms with E-state index in [9.17, 15) is 14.4 Å². The van der Waals surface area contributed by atoms with Gasteiger partial charge in [-0.05, 0) is 41.8 Å². The van der Waals surface area contributed by atoms with Crippen LogP contribution in [0.25, 0.3) is 0 Å². The van der Waals surface area contributed by atoms with Gasteiger partial charge in [-0.1, -0.05) is 54.4 Å². The fraction of sp³-hybridized carbons (Fsp3) is 0.286. The van der Waals surface area contributed by atoms with Gasteiger partial charge in [0, 0.05) is 5.02 Å². The molecule has 0 unspecified atom stereocenters. The van der Waals surface area contributed by atoms with Crippen LogP contribution in [0.2, 0.25) is 10.0 Å². The number of amides is 3. The number of halogens is 2. The lowest BCUT2D eigenvalue weighted by Crippen LogP contribution is -2.43. The third-order valence-corrected chi connectivity index (χ3v) is 5.73. The first-order valence-electron chi connectivity index (χ1n) is 9.66. The molecule has 0 spiro atoms. The molecule has 2 aromatic carbocycles. The molecule has 1 N–H and O–H groups in total. The van der Waals surface area contributed by atoms with Gasteiger partial charge < -0.3 is 5.32 Å². The first kappa shape index (κ1) is 21.3. The summed E-state index contributed by atoms with van der Waals surface area (Å²) >= 11 is 11.9. The Balaban J connectivity index is 1.48. The minimum Gasteiger partial charge on any atom is -0.323 e. The Kier molecular flexibility index (Phi) is 5.68. The summed E-state index contributed by atoms with van der Waals surface area (Å²) in [5, 5.41) is 12.4. The molecule has 2 aliphatic rings. The zero-order chi connectivity index (χ0) is 22.3. The van der Waals surface area contributed by atoms with Crippen molar-refractivity contribution < 1.29 is 14.4 Å². The van der Waals surface area contributed by atoms with Gasteiger partial charge in [-0.2, -0.15) is 5.11 Å². The van der Waals surface area contributed by atoms with Crippen LogP contribution < -0.4 is 10.2 Å². The smallest absolute Gasteiger partial charge is 0.263 e. The van der Waals surface area contributed by atoms with Gasteiger partial charge in [-0.15, -0.1) is 0 Å². The lowest BCUT2D eigenvalue weighted by Gasteiger charge is -2.20. The van der Waals surface area contributed by atoms with Gasteiger partial charge >= 0.3 is 0 Å². The highest BCUT2D eigenvalue weighted by atomic mass is 35.5. The second-order valence-electron chi connectivity index (χ2n) is 7.62. The van der Waals surface area contributed by atoms with E-state index in [1.54, 1.807) is 24.3 Å². The zero-order valence-corrected chi connectivity index (χ0v) is 18.3. The van der Waals surface area contributed by atoms with E-state index in [2.05, 4.69) is 29.5 Å². The lowest BCUT2D eigenvalue weighted by atomic mass is 10.0. The standard InChI is InChI=1S/C21H19Cl2N5O3/c1-11(2)12-3-6-14(7-4-12)28-20(30)18-19(21(28)31)27(26-25-18)10-17(29)24-16-8-5-13(22)9-15(16)23/h3-9,11,18-19H,10H2,1-2H3,(H,24,29)/t18-,19+/m1/s1. The number of carbonyl (C=O) groups excluding carboxylic acids is 3. The number of rotatable bonds is 5. The first-order chi connectivity index (χ1) is 14.8. The molecule has 0 bridgehead atoms. The number of nitrogens with zero attached hydrogens (tertiary/aromatic N) is 4. The quantitative estimate of drug-likeness (QED) is 0.682. The molecule has 160 valence electrons. The molecule has 3 amide bonds. The van der Waals surface area contributed by atoms with Gasteiger partial charge in [-0.3, -0.25) is 19.4 Å². The Labute approximate surface area is 188 Å². The van der Waals surface area contributed by atoms with Crippen LogP contribution in [0.4, 0.5) is 11.4 Å². The minimum absolute atomic E-state index is 0.261. The normalized spacial score (nSPS) is 20.0. The van der Waals surface area contributed by atoms with Crippen LogP contribution in [0.15, 0.2) is 52.8 Å². The minimum atomic E-state index is -0.968. The monoisotopic (exact) mass is 459 g/mol. The van der Waals surface area contributed by atoms with E-state index in [1.165, 1.54) is 11.1 Å². The molecule has 1 fully saturated rings. The summed E-state index contributed by atoms with van der Waals surface area (Å²) in [6.45, 7) is 3.86. The Morgan fingerprint density at radius 2 is 1.81 bits per heavy atom. The fourth-order valence-electron chi connectivity index (χ4n) is 3.54. The highest BCUT2D eigenvalue weighted by molar-refractivity contribution is 6.36. The highest BCUT2D eigenvalue weighted by Gasteiger charge is 2.55. The van der Waals surface area contributed by atoms with E-state index >= 15 is 0 Å². The van der Waals surface area contributed by atoms with Crippen molar-refractivity contribution in [2.45, 2.75) is 31.8 Å². The van der Waals surface area contributed by atoms with Gasteiger partial charge in [0.2, 0.25) is 5.91 Å². The fourth-order valence-corrected chi connectivity index (χ4v) is 4.00. The Hall–Kier alpha value is -2.97. The molecule has 2 heterocycles. The van der Waals surface area contributed by atoms with E-state index in [4.69, 9.17) is 23.2 Å². The number of imide groups is 1. The largest absolute Gasteiger partial charge is 0.323 e. The topological polar surface area (TPSA) is 94.4 Å². The van der Waals surface area contributed by atoms with Crippen LogP contribution in [0, 0.1) is 0 Å². The average Bonchev–Trinajstić information content (AvgIpc) is 3.24. The van der Waals surface area contributed by atoms with Crippen molar-refractivity contribution in [3.05, 3.63) is 58.1 Å². The van der Waals surface area contributed by atoms with E-state index < -0.39 is 29.8 Å².